The number of ether oxygens (including phenoxy) is 3. The Kier molecular flexibility index (Phi) is 6.63. The summed E-state index contributed by atoms with van der Waals surface area (Å²) in [4.78, 5) is 4.49. The summed E-state index contributed by atoms with van der Waals surface area (Å²) in [6.07, 6.45) is 2.40. The van der Waals surface area contributed by atoms with Crippen LogP contribution in [0.2, 0.25) is 0 Å². The molecule has 5 heteroatoms. The molecule has 0 aromatic heterocycles. The lowest BCUT2D eigenvalue weighted by Crippen LogP contribution is -2.14. The third-order valence-electron chi connectivity index (χ3n) is 3.65. The van der Waals surface area contributed by atoms with Crippen LogP contribution >= 0.6 is 0 Å². The van der Waals surface area contributed by atoms with E-state index >= 15 is 0 Å². The zero-order valence-electron chi connectivity index (χ0n) is 14.2. The molecule has 128 valence electrons. The van der Waals surface area contributed by atoms with E-state index in [0.717, 1.165) is 11.1 Å². The molecule has 0 bridgehead atoms. The SMILES string of the molecule is COc1cc(C=NC(CO)Cc2ccccc2)cc(OC)c1OC. The highest BCUT2D eigenvalue weighted by Crippen LogP contribution is 2.37. The van der Waals surface area contributed by atoms with Gasteiger partial charge in [0.05, 0.1) is 34.0 Å². The summed E-state index contributed by atoms with van der Waals surface area (Å²) in [5.74, 6) is 1.68. The third-order valence-corrected chi connectivity index (χ3v) is 3.65. The van der Waals surface area contributed by atoms with Gasteiger partial charge < -0.3 is 19.3 Å². The monoisotopic (exact) mass is 329 g/mol. The Morgan fingerprint density at radius 1 is 1.00 bits per heavy atom. The van der Waals surface area contributed by atoms with Crippen LogP contribution in [0.3, 0.4) is 0 Å². The summed E-state index contributed by atoms with van der Waals surface area (Å²) in [6, 6.07) is 13.4. The van der Waals surface area contributed by atoms with E-state index < -0.39 is 0 Å². The second-order valence-corrected chi connectivity index (χ2v) is 5.26. The average Bonchev–Trinajstić information content (AvgIpc) is 2.64. The smallest absolute Gasteiger partial charge is 0.203 e. The largest absolute Gasteiger partial charge is 0.493 e. The first-order valence-electron chi connectivity index (χ1n) is 7.69. The van der Waals surface area contributed by atoms with Gasteiger partial charge in [0.2, 0.25) is 5.75 Å². The van der Waals surface area contributed by atoms with Crippen LogP contribution < -0.4 is 14.2 Å². The van der Waals surface area contributed by atoms with Gasteiger partial charge in [-0.25, -0.2) is 0 Å². The van der Waals surface area contributed by atoms with E-state index in [1.165, 1.54) is 0 Å². The standard InChI is InChI=1S/C19H23NO4/c1-22-17-10-15(11-18(23-2)19(17)24-3)12-20-16(13-21)9-14-7-5-4-6-8-14/h4-8,10-12,16,21H,9,13H2,1-3H3. The number of aliphatic imine (C=N–C) groups is 1. The highest BCUT2D eigenvalue weighted by molar-refractivity contribution is 5.82. The van der Waals surface area contributed by atoms with Gasteiger partial charge >= 0.3 is 0 Å². The maximum absolute atomic E-state index is 9.57. The van der Waals surface area contributed by atoms with Gasteiger partial charge in [0.15, 0.2) is 11.5 Å². The molecule has 1 unspecified atom stereocenters. The molecule has 24 heavy (non-hydrogen) atoms. The summed E-state index contributed by atoms with van der Waals surface area (Å²) in [5.41, 5.74) is 1.95. The maximum Gasteiger partial charge on any atom is 0.203 e. The van der Waals surface area contributed by atoms with Crippen molar-refractivity contribution in [1.29, 1.82) is 0 Å². The molecule has 5 nitrogen and oxygen atoms in total. The second-order valence-electron chi connectivity index (χ2n) is 5.26. The lowest BCUT2D eigenvalue weighted by molar-refractivity contribution is 0.266. The molecule has 0 aliphatic heterocycles. The molecule has 0 aliphatic rings. The number of rotatable bonds is 8. The van der Waals surface area contributed by atoms with E-state index in [-0.39, 0.29) is 12.6 Å². The minimum atomic E-state index is -0.202. The van der Waals surface area contributed by atoms with Crippen molar-refractivity contribution in [3.05, 3.63) is 53.6 Å². The molecular formula is C19H23NO4. The van der Waals surface area contributed by atoms with Gasteiger partial charge in [-0.05, 0) is 29.7 Å². The molecule has 0 fully saturated rings. The Morgan fingerprint density at radius 3 is 2.12 bits per heavy atom. The van der Waals surface area contributed by atoms with Gasteiger partial charge in [0.25, 0.3) is 0 Å². The number of aliphatic hydroxyl groups excluding tert-OH is 1. The zero-order valence-corrected chi connectivity index (χ0v) is 14.2. The lowest BCUT2D eigenvalue weighted by Gasteiger charge is -2.13. The second kappa shape index (κ2) is 8.93. The van der Waals surface area contributed by atoms with E-state index in [1.54, 1.807) is 27.5 Å². The maximum atomic E-state index is 9.57. The predicted octanol–water partition coefficient (Wildman–Crippen LogP) is 2.73. The van der Waals surface area contributed by atoms with Crippen molar-refractivity contribution in [3.8, 4) is 17.2 Å². The fraction of sp³-hybridized carbons (Fsp3) is 0.316. The number of hydrogen-bond donors (Lipinski definition) is 1. The first-order valence-corrected chi connectivity index (χ1v) is 7.69. The molecule has 2 rings (SSSR count). The van der Waals surface area contributed by atoms with Crippen molar-refractivity contribution in [2.24, 2.45) is 4.99 Å². The number of nitrogens with zero attached hydrogens (tertiary/aromatic N) is 1. The van der Waals surface area contributed by atoms with Gasteiger partial charge in [-0.3, -0.25) is 4.99 Å². The van der Waals surface area contributed by atoms with Crippen LogP contribution in [0.15, 0.2) is 47.5 Å². The van der Waals surface area contributed by atoms with Crippen LogP contribution in [0.4, 0.5) is 0 Å². The number of aliphatic hydroxyl groups is 1. The minimum absolute atomic E-state index is 0.0180. The highest BCUT2D eigenvalue weighted by atomic mass is 16.5. The van der Waals surface area contributed by atoms with Crippen molar-refractivity contribution in [2.75, 3.05) is 27.9 Å². The normalized spacial score (nSPS) is 12.2. The van der Waals surface area contributed by atoms with E-state index in [4.69, 9.17) is 14.2 Å². The zero-order chi connectivity index (χ0) is 17.4. The molecule has 1 N–H and O–H groups in total. The molecule has 0 spiro atoms. The first kappa shape index (κ1) is 17.8. The van der Waals surface area contributed by atoms with Crippen LogP contribution in [-0.4, -0.2) is 45.3 Å². The van der Waals surface area contributed by atoms with Crippen LogP contribution in [0.1, 0.15) is 11.1 Å². The number of benzene rings is 2. The Hall–Kier alpha value is -2.53. The minimum Gasteiger partial charge on any atom is -0.493 e. The summed E-state index contributed by atoms with van der Waals surface area (Å²) < 4.78 is 16.0. The summed E-state index contributed by atoms with van der Waals surface area (Å²) in [5, 5.41) is 9.57. The number of hydrogen-bond acceptors (Lipinski definition) is 5. The first-order chi connectivity index (χ1) is 11.7. The van der Waals surface area contributed by atoms with E-state index in [9.17, 15) is 5.11 Å². The molecular weight excluding hydrogens is 306 g/mol. The lowest BCUT2D eigenvalue weighted by atomic mass is 10.1. The number of methoxy groups -OCH3 is 3. The molecule has 0 heterocycles. The highest BCUT2D eigenvalue weighted by Gasteiger charge is 2.13. The van der Waals surface area contributed by atoms with Gasteiger partial charge in [-0.2, -0.15) is 0 Å². The van der Waals surface area contributed by atoms with Gasteiger partial charge in [-0.15, -0.1) is 0 Å². The van der Waals surface area contributed by atoms with Crippen molar-refractivity contribution in [1.82, 2.24) is 0 Å². The van der Waals surface area contributed by atoms with Crippen molar-refractivity contribution in [3.63, 3.8) is 0 Å². The van der Waals surface area contributed by atoms with Crippen LogP contribution in [0, 0.1) is 0 Å². The Balaban J connectivity index is 2.20. The van der Waals surface area contributed by atoms with Crippen LogP contribution in [-0.2, 0) is 6.42 Å². The summed E-state index contributed by atoms with van der Waals surface area (Å²) in [6.45, 7) is -0.0180. The average molecular weight is 329 g/mol. The van der Waals surface area contributed by atoms with Gasteiger partial charge in [0.1, 0.15) is 0 Å². The molecule has 0 saturated heterocycles. The molecule has 1 atom stereocenters. The molecule has 2 aromatic carbocycles. The van der Waals surface area contributed by atoms with E-state index in [1.807, 2.05) is 42.5 Å². The van der Waals surface area contributed by atoms with Crippen molar-refractivity contribution >= 4 is 6.21 Å². The fourth-order valence-electron chi connectivity index (χ4n) is 2.42. The Bertz CT molecular complexity index is 645. The molecule has 0 amide bonds. The predicted molar refractivity (Wildman–Crippen MR) is 94.7 cm³/mol. The van der Waals surface area contributed by atoms with E-state index in [0.29, 0.717) is 23.7 Å². The fourth-order valence-corrected chi connectivity index (χ4v) is 2.42. The summed E-state index contributed by atoms with van der Waals surface area (Å²) in [7, 11) is 4.71. The molecule has 2 aromatic rings. The third kappa shape index (κ3) is 4.49. The Morgan fingerprint density at radius 2 is 1.62 bits per heavy atom. The quantitative estimate of drug-likeness (QED) is 0.757. The molecule has 0 saturated carbocycles. The Labute approximate surface area is 142 Å². The van der Waals surface area contributed by atoms with Crippen molar-refractivity contribution < 1.29 is 19.3 Å². The van der Waals surface area contributed by atoms with Crippen LogP contribution in [0.5, 0.6) is 17.2 Å². The van der Waals surface area contributed by atoms with Gasteiger partial charge in [-0.1, -0.05) is 30.3 Å². The topological polar surface area (TPSA) is 60.3 Å². The van der Waals surface area contributed by atoms with E-state index in [2.05, 4.69) is 4.99 Å². The van der Waals surface area contributed by atoms with Crippen LogP contribution in [0.25, 0.3) is 0 Å². The van der Waals surface area contributed by atoms with Gasteiger partial charge in [0, 0.05) is 6.21 Å². The van der Waals surface area contributed by atoms with Crippen molar-refractivity contribution in [2.45, 2.75) is 12.5 Å². The molecule has 0 radical (unpaired) electrons. The summed E-state index contributed by atoms with van der Waals surface area (Å²) >= 11 is 0. The molecule has 0 aliphatic carbocycles.